The second-order valence-corrected chi connectivity index (χ2v) is 3.46. The third-order valence-electron chi connectivity index (χ3n) is 2.36. The third-order valence-corrected chi connectivity index (χ3v) is 2.36. The van der Waals surface area contributed by atoms with Crippen LogP contribution in [0.15, 0.2) is 18.3 Å². The number of nitrogens with two attached hydrogens (primary N) is 1. The first-order valence-electron chi connectivity index (χ1n) is 5.19. The second-order valence-electron chi connectivity index (χ2n) is 3.46. The highest BCUT2D eigenvalue weighted by molar-refractivity contribution is 5.94. The van der Waals surface area contributed by atoms with E-state index in [2.05, 4.69) is 24.1 Å². The van der Waals surface area contributed by atoms with Crippen LogP contribution >= 0.6 is 0 Å². The molecule has 1 rings (SSSR count). The van der Waals surface area contributed by atoms with E-state index >= 15 is 0 Å². The van der Waals surface area contributed by atoms with Gasteiger partial charge in [0.2, 0.25) is 0 Å². The number of aromatic nitrogens is 1. The molecule has 0 aliphatic rings. The maximum atomic E-state index is 11.7. The summed E-state index contributed by atoms with van der Waals surface area (Å²) in [5.74, 6) is 0.282. The van der Waals surface area contributed by atoms with Gasteiger partial charge in [0.1, 0.15) is 5.82 Å². The number of hydrogen-bond acceptors (Lipinski definition) is 3. The molecule has 0 bridgehead atoms. The largest absolute Gasteiger partial charge is 0.384 e. The zero-order chi connectivity index (χ0) is 11.3. The van der Waals surface area contributed by atoms with Crippen molar-refractivity contribution >= 4 is 11.7 Å². The van der Waals surface area contributed by atoms with E-state index in [-0.39, 0.29) is 11.9 Å². The van der Waals surface area contributed by atoms with Crippen molar-refractivity contribution in [2.24, 2.45) is 0 Å². The molecule has 0 aliphatic heterocycles. The molecule has 3 N–H and O–H groups in total. The predicted octanol–water partition coefficient (Wildman–Crippen LogP) is 1.58. The number of nitrogens with one attached hydrogen (secondary N) is 1. The van der Waals surface area contributed by atoms with E-state index in [0.717, 1.165) is 12.8 Å². The zero-order valence-electron chi connectivity index (χ0n) is 9.16. The van der Waals surface area contributed by atoms with Crippen LogP contribution in [0.2, 0.25) is 0 Å². The van der Waals surface area contributed by atoms with Gasteiger partial charge in [0, 0.05) is 17.8 Å². The molecule has 0 fully saturated rings. The number of amides is 1. The number of nitrogens with zero attached hydrogens (tertiary/aromatic N) is 1. The summed E-state index contributed by atoms with van der Waals surface area (Å²) in [6.45, 7) is 4.10. The van der Waals surface area contributed by atoms with Crippen molar-refractivity contribution in [2.45, 2.75) is 32.7 Å². The maximum Gasteiger partial charge on any atom is 0.251 e. The van der Waals surface area contributed by atoms with Crippen LogP contribution in [0, 0.1) is 0 Å². The quantitative estimate of drug-likeness (QED) is 0.787. The smallest absolute Gasteiger partial charge is 0.251 e. The van der Waals surface area contributed by atoms with Gasteiger partial charge in [0.05, 0.1) is 0 Å². The molecule has 1 amide bonds. The first kappa shape index (κ1) is 11.5. The number of nitrogen functional groups attached to an aromatic ring is 1. The van der Waals surface area contributed by atoms with E-state index < -0.39 is 0 Å². The topological polar surface area (TPSA) is 68.0 Å². The van der Waals surface area contributed by atoms with Gasteiger partial charge in [0.15, 0.2) is 0 Å². The van der Waals surface area contributed by atoms with Gasteiger partial charge in [-0.25, -0.2) is 4.98 Å². The molecule has 4 nitrogen and oxygen atoms in total. The van der Waals surface area contributed by atoms with Crippen LogP contribution in [-0.2, 0) is 0 Å². The number of rotatable bonds is 4. The van der Waals surface area contributed by atoms with Gasteiger partial charge >= 0.3 is 0 Å². The van der Waals surface area contributed by atoms with Gasteiger partial charge in [-0.1, -0.05) is 13.8 Å². The molecule has 82 valence electrons. The lowest BCUT2D eigenvalue weighted by Gasteiger charge is -2.14. The molecule has 1 aromatic rings. The molecule has 0 aromatic carbocycles. The van der Waals surface area contributed by atoms with E-state index in [1.54, 1.807) is 12.1 Å². The molecule has 1 aromatic heterocycles. The van der Waals surface area contributed by atoms with E-state index in [9.17, 15) is 4.79 Å². The fourth-order valence-corrected chi connectivity index (χ4v) is 1.35. The third kappa shape index (κ3) is 3.23. The highest BCUT2D eigenvalue weighted by Crippen LogP contribution is 2.04. The Bertz CT molecular complexity index is 334. The molecule has 0 saturated carbocycles. The summed E-state index contributed by atoms with van der Waals surface area (Å²) >= 11 is 0. The number of carbonyl (C=O) groups excluding carboxylic acids is 1. The summed E-state index contributed by atoms with van der Waals surface area (Å²) in [5, 5.41) is 2.94. The molecule has 0 saturated heterocycles. The predicted molar refractivity (Wildman–Crippen MR) is 60.5 cm³/mol. The minimum Gasteiger partial charge on any atom is -0.384 e. The number of pyridine rings is 1. The van der Waals surface area contributed by atoms with Crippen molar-refractivity contribution in [2.75, 3.05) is 5.73 Å². The molecule has 0 aliphatic carbocycles. The SMILES string of the molecule is CCC(CC)NC(=O)c1ccnc(N)c1. The van der Waals surface area contributed by atoms with Crippen LogP contribution in [0.4, 0.5) is 5.82 Å². The fraction of sp³-hybridized carbons (Fsp3) is 0.455. The fourth-order valence-electron chi connectivity index (χ4n) is 1.35. The minimum absolute atomic E-state index is 0.0854. The Morgan fingerprint density at radius 2 is 2.20 bits per heavy atom. The maximum absolute atomic E-state index is 11.7. The molecule has 0 spiro atoms. The van der Waals surface area contributed by atoms with Crippen molar-refractivity contribution in [3.63, 3.8) is 0 Å². The summed E-state index contributed by atoms with van der Waals surface area (Å²) in [4.78, 5) is 15.6. The standard InChI is InChI=1S/C11H17N3O/c1-3-9(4-2)14-11(15)8-5-6-13-10(12)7-8/h5-7,9H,3-4H2,1-2H3,(H2,12,13)(H,14,15). The Labute approximate surface area is 89.9 Å². The Kier molecular flexibility index (Phi) is 4.09. The van der Waals surface area contributed by atoms with Crippen molar-refractivity contribution < 1.29 is 4.79 Å². The molecule has 0 atom stereocenters. The summed E-state index contributed by atoms with van der Waals surface area (Å²) in [6, 6.07) is 3.47. The number of anilines is 1. The van der Waals surface area contributed by atoms with Crippen LogP contribution in [-0.4, -0.2) is 16.9 Å². The van der Waals surface area contributed by atoms with Crippen molar-refractivity contribution in [1.82, 2.24) is 10.3 Å². The molecular weight excluding hydrogens is 190 g/mol. The molecular formula is C11H17N3O. The van der Waals surface area contributed by atoms with Gasteiger partial charge in [-0.2, -0.15) is 0 Å². The summed E-state index contributed by atoms with van der Waals surface area (Å²) in [7, 11) is 0. The number of carbonyl (C=O) groups is 1. The zero-order valence-corrected chi connectivity index (χ0v) is 9.16. The Hall–Kier alpha value is -1.58. The van der Waals surface area contributed by atoms with Crippen LogP contribution in [0.1, 0.15) is 37.0 Å². The lowest BCUT2D eigenvalue weighted by Crippen LogP contribution is -2.33. The number of hydrogen-bond donors (Lipinski definition) is 2. The summed E-state index contributed by atoms with van der Waals surface area (Å²) < 4.78 is 0. The highest BCUT2D eigenvalue weighted by atomic mass is 16.1. The monoisotopic (exact) mass is 207 g/mol. The minimum atomic E-state index is -0.0854. The first-order chi connectivity index (χ1) is 7.17. The van der Waals surface area contributed by atoms with Gasteiger partial charge in [-0.15, -0.1) is 0 Å². The van der Waals surface area contributed by atoms with Crippen molar-refractivity contribution in [3.8, 4) is 0 Å². The van der Waals surface area contributed by atoms with E-state index in [1.807, 2.05) is 0 Å². The Morgan fingerprint density at radius 1 is 1.53 bits per heavy atom. The van der Waals surface area contributed by atoms with Crippen LogP contribution < -0.4 is 11.1 Å². The summed E-state index contributed by atoms with van der Waals surface area (Å²) in [5.41, 5.74) is 6.07. The van der Waals surface area contributed by atoms with Gasteiger partial charge in [0.25, 0.3) is 5.91 Å². The lowest BCUT2D eigenvalue weighted by molar-refractivity contribution is 0.0935. The van der Waals surface area contributed by atoms with Crippen molar-refractivity contribution in [1.29, 1.82) is 0 Å². The van der Waals surface area contributed by atoms with E-state index in [0.29, 0.717) is 11.4 Å². The van der Waals surface area contributed by atoms with Crippen LogP contribution in [0.5, 0.6) is 0 Å². The second kappa shape index (κ2) is 5.34. The van der Waals surface area contributed by atoms with Gasteiger partial charge in [-0.3, -0.25) is 4.79 Å². The normalized spacial score (nSPS) is 10.3. The van der Waals surface area contributed by atoms with Crippen LogP contribution in [0.25, 0.3) is 0 Å². The first-order valence-corrected chi connectivity index (χ1v) is 5.19. The van der Waals surface area contributed by atoms with Crippen molar-refractivity contribution in [3.05, 3.63) is 23.9 Å². The Balaban J connectivity index is 2.68. The van der Waals surface area contributed by atoms with Gasteiger partial charge < -0.3 is 11.1 Å². The highest BCUT2D eigenvalue weighted by Gasteiger charge is 2.10. The van der Waals surface area contributed by atoms with E-state index in [4.69, 9.17) is 5.73 Å². The van der Waals surface area contributed by atoms with Gasteiger partial charge in [-0.05, 0) is 25.0 Å². The molecule has 15 heavy (non-hydrogen) atoms. The molecule has 1 heterocycles. The molecule has 0 unspecified atom stereocenters. The van der Waals surface area contributed by atoms with E-state index in [1.165, 1.54) is 6.20 Å². The average Bonchev–Trinajstić information content (AvgIpc) is 2.25. The van der Waals surface area contributed by atoms with Crippen LogP contribution in [0.3, 0.4) is 0 Å². The molecule has 4 heteroatoms. The Morgan fingerprint density at radius 3 is 2.73 bits per heavy atom. The summed E-state index contributed by atoms with van der Waals surface area (Å²) in [6.07, 6.45) is 3.41. The lowest BCUT2D eigenvalue weighted by atomic mass is 10.1. The molecule has 0 radical (unpaired) electrons. The average molecular weight is 207 g/mol.